The summed E-state index contributed by atoms with van der Waals surface area (Å²) in [7, 11) is 0. The van der Waals surface area contributed by atoms with Gasteiger partial charge < -0.3 is 14.8 Å². The monoisotopic (exact) mass is 435 g/mol. The number of hydrogen-bond acceptors (Lipinski definition) is 3. The molecule has 0 saturated carbocycles. The predicted octanol–water partition coefficient (Wildman–Crippen LogP) is 4.41. The number of carbonyl (C=O) groups is 1. The van der Waals surface area contributed by atoms with E-state index in [2.05, 4.69) is 0 Å². The first-order chi connectivity index (χ1) is 14.2. The van der Waals surface area contributed by atoms with Crippen LogP contribution in [0.4, 0.5) is 8.78 Å². The maximum absolute atomic E-state index is 15.4. The van der Waals surface area contributed by atoms with E-state index in [1.54, 1.807) is 0 Å². The molecule has 0 fully saturated rings. The highest BCUT2D eigenvalue weighted by Gasteiger charge is 2.24. The van der Waals surface area contributed by atoms with Gasteiger partial charge in [0.25, 0.3) is 0 Å². The number of aromatic carboxylic acids is 1. The zero-order chi connectivity index (χ0) is 22.2. The van der Waals surface area contributed by atoms with E-state index in [-0.39, 0.29) is 40.6 Å². The average molecular weight is 436 g/mol. The van der Waals surface area contributed by atoms with Crippen molar-refractivity contribution in [1.29, 1.82) is 0 Å². The van der Waals surface area contributed by atoms with Crippen LogP contribution in [0.25, 0.3) is 10.9 Å². The number of nitrogens with zero attached hydrogens (tertiary/aromatic N) is 1. The summed E-state index contributed by atoms with van der Waals surface area (Å²) in [6, 6.07) is 6.69. The largest absolute Gasteiger partial charge is 0.477 e. The number of hydrogen-bond donors (Lipinski definition) is 2. The lowest BCUT2D eigenvalue weighted by Crippen LogP contribution is -2.26. The average Bonchev–Trinajstić information content (AvgIpc) is 2.68. The Morgan fingerprint density at radius 1 is 1.13 bits per heavy atom. The second-order valence-electron chi connectivity index (χ2n) is 7.40. The highest BCUT2D eigenvalue weighted by atomic mass is 35.5. The molecule has 0 aliphatic rings. The molecule has 0 amide bonds. The first kappa shape index (κ1) is 21.9. The number of rotatable bonds is 6. The van der Waals surface area contributed by atoms with Crippen molar-refractivity contribution in [3.63, 3.8) is 0 Å². The van der Waals surface area contributed by atoms with Crippen molar-refractivity contribution in [1.82, 2.24) is 4.57 Å². The van der Waals surface area contributed by atoms with E-state index in [1.165, 1.54) is 34.9 Å². The maximum atomic E-state index is 15.4. The van der Waals surface area contributed by atoms with Crippen molar-refractivity contribution in [3.05, 3.63) is 80.1 Å². The van der Waals surface area contributed by atoms with Crippen LogP contribution in [-0.4, -0.2) is 27.4 Å². The van der Waals surface area contributed by atoms with Gasteiger partial charge in [-0.05, 0) is 29.2 Å². The molecule has 0 radical (unpaired) electrons. The summed E-state index contributed by atoms with van der Waals surface area (Å²) in [6.07, 6.45) is 0.960. The van der Waals surface area contributed by atoms with Gasteiger partial charge in [-0.2, -0.15) is 0 Å². The molecule has 0 aliphatic heterocycles. The molecule has 1 aromatic heterocycles. The Morgan fingerprint density at radius 3 is 2.40 bits per heavy atom. The van der Waals surface area contributed by atoms with E-state index in [0.29, 0.717) is 0 Å². The molecule has 2 N–H and O–H groups in total. The summed E-state index contributed by atoms with van der Waals surface area (Å²) in [4.78, 5) is 24.4. The van der Waals surface area contributed by atoms with E-state index in [0.717, 1.165) is 6.20 Å². The Morgan fingerprint density at radius 2 is 1.80 bits per heavy atom. The fourth-order valence-corrected chi connectivity index (χ4v) is 3.71. The molecule has 8 heteroatoms. The fourth-order valence-electron chi connectivity index (χ4n) is 3.52. The van der Waals surface area contributed by atoms with E-state index in [9.17, 15) is 24.2 Å². The van der Waals surface area contributed by atoms with E-state index < -0.39 is 40.0 Å². The number of pyridine rings is 1. The van der Waals surface area contributed by atoms with Crippen molar-refractivity contribution >= 4 is 28.5 Å². The third kappa shape index (κ3) is 3.82. The van der Waals surface area contributed by atoms with Crippen molar-refractivity contribution < 1.29 is 23.8 Å². The minimum atomic E-state index is -1.50. The summed E-state index contributed by atoms with van der Waals surface area (Å²) in [5, 5.41) is 18.7. The Labute approximate surface area is 176 Å². The first-order valence-electron chi connectivity index (χ1n) is 9.30. The third-order valence-corrected chi connectivity index (χ3v) is 5.47. The van der Waals surface area contributed by atoms with Crippen LogP contribution in [0, 0.1) is 17.6 Å². The molecule has 158 valence electrons. The minimum Gasteiger partial charge on any atom is -0.477 e. The van der Waals surface area contributed by atoms with Crippen molar-refractivity contribution in [3.8, 4) is 0 Å². The van der Waals surface area contributed by atoms with Crippen LogP contribution in [0.15, 0.2) is 41.3 Å². The minimum absolute atomic E-state index is 0.0277. The van der Waals surface area contributed by atoms with Crippen molar-refractivity contribution in [2.45, 2.75) is 26.3 Å². The Bertz CT molecular complexity index is 1190. The summed E-state index contributed by atoms with van der Waals surface area (Å²) in [5.74, 6) is -3.22. The highest BCUT2D eigenvalue weighted by molar-refractivity contribution is 6.30. The number of fused-ring (bicyclic) bond motifs is 1. The molecule has 0 bridgehead atoms. The van der Waals surface area contributed by atoms with Crippen LogP contribution in [0.5, 0.6) is 0 Å². The molecule has 3 rings (SSSR count). The topological polar surface area (TPSA) is 79.5 Å². The van der Waals surface area contributed by atoms with Crippen LogP contribution in [0.2, 0.25) is 5.02 Å². The molecular weight excluding hydrogens is 416 g/mol. The lowest BCUT2D eigenvalue weighted by Gasteiger charge is -2.25. The van der Waals surface area contributed by atoms with Gasteiger partial charge in [0.1, 0.15) is 17.2 Å². The van der Waals surface area contributed by atoms with Gasteiger partial charge in [-0.25, -0.2) is 13.6 Å². The quantitative estimate of drug-likeness (QED) is 0.601. The molecule has 1 atom stereocenters. The number of halogens is 3. The van der Waals surface area contributed by atoms with Gasteiger partial charge in [0, 0.05) is 12.6 Å². The predicted molar refractivity (Wildman–Crippen MR) is 110 cm³/mol. The molecule has 0 unspecified atom stereocenters. The Kier molecular flexibility index (Phi) is 6.24. The first-order valence-corrected chi connectivity index (χ1v) is 9.68. The fraction of sp³-hybridized carbons (Fsp3) is 0.273. The van der Waals surface area contributed by atoms with E-state index >= 15 is 4.39 Å². The number of aliphatic hydroxyl groups excluding tert-OH is 1. The number of carboxylic acids is 1. The second-order valence-corrected chi connectivity index (χ2v) is 7.81. The smallest absolute Gasteiger partial charge is 0.341 e. The molecule has 2 aromatic carbocycles. The number of aromatic nitrogens is 1. The lowest BCUT2D eigenvalue weighted by molar-refractivity contribution is 0.0694. The third-order valence-electron chi connectivity index (χ3n) is 5.17. The lowest BCUT2D eigenvalue weighted by atomic mass is 9.98. The van der Waals surface area contributed by atoms with Gasteiger partial charge in [-0.1, -0.05) is 43.6 Å². The molecule has 1 heterocycles. The van der Waals surface area contributed by atoms with Crippen molar-refractivity contribution in [2.75, 3.05) is 6.61 Å². The number of carboxylic acid groups (broad SMARTS) is 1. The molecule has 0 spiro atoms. The molecule has 5 nitrogen and oxygen atoms in total. The van der Waals surface area contributed by atoms with Gasteiger partial charge in [-0.3, -0.25) is 4.79 Å². The number of aliphatic hydroxyl groups is 1. The van der Waals surface area contributed by atoms with Crippen LogP contribution in [0.1, 0.15) is 41.4 Å². The molecule has 30 heavy (non-hydrogen) atoms. The van der Waals surface area contributed by atoms with Crippen LogP contribution < -0.4 is 5.43 Å². The van der Waals surface area contributed by atoms with E-state index in [4.69, 9.17) is 11.6 Å². The second kappa shape index (κ2) is 8.53. The molecule has 3 aromatic rings. The van der Waals surface area contributed by atoms with Gasteiger partial charge in [0.2, 0.25) is 5.43 Å². The SMILES string of the molecule is CC(C)[C@@H](CO)n1cc(C(=O)O)c(=O)c2c(F)c(Cc3cccc(Cl)c3F)ccc21. The van der Waals surface area contributed by atoms with Crippen LogP contribution >= 0.6 is 11.6 Å². The van der Waals surface area contributed by atoms with Crippen LogP contribution in [0.3, 0.4) is 0 Å². The zero-order valence-corrected chi connectivity index (χ0v) is 17.1. The molecule has 0 aliphatic carbocycles. The summed E-state index contributed by atoms with van der Waals surface area (Å²) >= 11 is 5.79. The maximum Gasteiger partial charge on any atom is 0.341 e. The van der Waals surface area contributed by atoms with Gasteiger partial charge in [0.15, 0.2) is 0 Å². The Balaban J connectivity index is 2.29. The van der Waals surface area contributed by atoms with Gasteiger partial charge >= 0.3 is 5.97 Å². The summed E-state index contributed by atoms with van der Waals surface area (Å²) in [6.45, 7) is 3.31. The normalized spacial score (nSPS) is 12.5. The standard InChI is InChI=1S/C22H20ClF2NO4/c1-11(2)17(10-27)26-9-14(22(29)30)21(28)18-16(26)7-6-13(20(18)25)8-12-4-3-5-15(23)19(12)24/h3-7,9,11,17,27H,8,10H2,1-2H3,(H,29,30)/t17-/m1/s1. The number of benzene rings is 2. The van der Waals surface area contributed by atoms with Crippen molar-refractivity contribution in [2.24, 2.45) is 5.92 Å². The van der Waals surface area contributed by atoms with Gasteiger partial charge in [-0.15, -0.1) is 0 Å². The van der Waals surface area contributed by atoms with E-state index in [1.807, 2.05) is 13.8 Å². The summed E-state index contributed by atoms with van der Waals surface area (Å²) in [5.41, 5.74) is -1.25. The highest BCUT2D eigenvalue weighted by Crippen LogP contribution is 2.28. The Hall–Kier alpha value is -2.77. The van der Waals surface area contributed by atoms with Crippen LogP contribution in [-0.2, 0) is 6.42 Å². The van der Waals surface area contributed by atoms with Gasteiger partial charge in [0.05, 0.1) is 28.6 Å². The molecular formula is C22H20ClF2NO4. The molecule has 0 saturated heterocycles. The summed E-state index contributed by atoms with van der Waals surface area (Å²) < 4.78 is 31.1. The zero-order valence-electron chi connectivity index (χ0n) is 16.3.